The molecule has 1 heterocycles. The van der Waals surface area contributed by atoms with E-state index >= 15 is 0 Å². The minimum absolute atomic E-state index is 0.0507. The van der Waals surface area contributed by atoms with Gasteiger partial charge in [-0.1, -0.05) is 19.1 Å². The van der Waals surface area contributed by atoms with Gasteiger partial charge in [0.15, 0.2) is 16.9 Å². The Labute approximate surface area is 157 Å². The number of allylic oxidation sites excluding steroid dienone is 4. The summed E-state index contributed by atoms with van der Waals surface area (Å²) in [5.74, 6) is 1.02. The molecule has 6 heteroatoms. The van der Waals surface area contributed by atoms with Gasteiger partial charge in [0.2, 0.25) is 6.79 Å². The number of nitrogens with zero attached hydrogens (tertiary/aromatic N) is 3. The van der Waals surface area contributed by atoms with Crippen molar-refractivity contribution < 1.29 is 9.47 Å². The first-order chi connectivity index (χ1) is 13.1. The van der Waals surface area contributed by atoms with Crippen LogP contribution in [0, 0.1) is 51.2 Å². The fourth-order valence-corrected chi connectivity index (χ4v) is 4.56. The predicted molar refractivity (Wildman–Crippen MR) is 95.8 cm³/mol. The smallest absolute Gasteiger partial charge is 0.231 e. The van der Waals surface area contributed by atoms with E-state index in [-0.39, 0.29) is 24.0 Å². The van der Waals surface area contributed by atoms with Gasteiger partial charge in [-0.3, -0.25) is 0 Å². The maximum atomic E-state index is 10.0. The van der Waals surface area contributed by atoms with Crippen LogP contribution in [-0.2, 0) is 0 Å². The molecule has 3 aliphatic rings. The number of fused-ring (bicyclic) bond motifs is 2. The molecule has 2 aliphatic carbocycles. The Bertz CT molecular complexity index is 988. The van der Waals surface area contributed by atoms with E-state index in [2.05, 4.69) is 25.1 Å². The zero-order chi connectivity index (χ0) is 19.2. The summed E-state index contributed by atoms with van der Waals surface area (Å²) in [7, 11) is 0. The van der Waals surface area contributed by atoms with Crippen LogP contribution in [0.5, 0.6) is 11.5 Å². The fraction of sp³-hybridized carbons (Fsp3) is 0.381. The van der Waals surface area contributed by atoms with Crippen molar-refractivity contribution in [1.29, 1.82) is 15.8 Å². The van der Waals surface area contributed by atoms with E-state index < -0.39 is 11.3 Å². The zero-order valence-electron chi connectivity index (χ0n) is 14.9. The van der Waals surface area contributed by atoms with Gasteiger partial charge >= 0.3 is 0 Å². The van der Waals surface area contributed by atoms with Gasteiger partial charge in [-0.05, 0) is 47.9 Å². The summed E-state index contributed by atoms with van der Waals surface area (Å²) in [6, 6.07) is 11.9. The lowest BCUT2D eigenvalue weighted by Crippen LogP contribution is -2.43. The van der Waals surface area contributed by atoms with Crippen LogP contribution >= 0.6 is 0 Å². The van der Waals surface area contributed by atoms with Gasteiger partial charge in [-0.25, -0.2) is 0 Å². The van der Waals surface area contributed by atoms with Crippen LogP contribution in [0.25, 0.3) is 0 Å². The van der Waals surface area contributed by atoms with E-state index in [1.54, 1.807) is 6.07 Å². The largest absolute Gasteiger partial charge is 0.454 e. The lowest BCUT2D eigenvalue weighted by atomic mass is 9.56. The Morgan fingerprint density at radius 2 is 1.89 bits per heavy atom. The second-order valence-electron chi connectivity index (χ2n) is 7.37. The van der Waals surface area contributed by atoms with Crippen LogP contribution in [0.4, 0.5) is 0 Å². The molecule has 0 aromatic heterocycles. The summed E-state index contributed by atoms with van der Waals surface area (Å²) in [5, 5.41) is 29.8. The number of nitrogens with two attached hydrogens (primary N) is 1. The van der Waals surface area contributed by atoms with E-state index in [4.69, 9.17) is 15.2 Å². The Morgan fingerprint density at radius 1 is 1.15 bits per heavy atom. The van der Waals surface area contributed by atoms with Crippen LogP contribution in [0.1, 0.15) is 31.2 Å². The highest BCUT2D eigenvalue weighted by Gasteiger charge is 2.54. The van der Waals surface area contributed by atoms with E-state index in [9.17, 15) is 15.8 Å². The topological polar surface area (TPSA) is 116 Å². The Hall–Kier alpha value is -3.43. The van der Waals surface area contributed by atoms with Gasteiger partial charge in [-0.15, -0.1) is 0 Å². The standard InChI is InChI=1S/C21H18N4O2/c1-12-2-4-14-15(6-12)19(13-3-5-17-18(7-13)27-11-26-17)21(9-23,10-24)20(25)16(14)8-22/h3-5,7,12,15,19H,2,6,11,25H2,1H3/t12-,15-,19+/m0/s1. The van der Waals surface area contributed by atoms with Crippen LogP contribution in [0.15, 0.2) is 41.1 Å². The van der Waals surface area contributed by atoms with Crippen molar-refractivity contribution in [2.45, 2.75) is 25.7 Å². The van der Waals surface area contributed by atoms with Crippen molar-refractivity contribution in [3.05, 3.63) is 46.7 Å². The molecule has 0 fully saturated rings. The van der Waals surface area contributed by atoms with Crippen molar-refractivity contribution >= 4 is 0 Å². The van der Waals surface area contributed by atoms with Gasteiger partial charge in [0.25, 0.3) is 0 Å². The van der Waals surface area contributed by atoms with E-state index in [1.165, 1.54) is 0 Å². The molecule has 0 bridgehead atoms. The number of hydrogen-bond acceptors (Lipinski definition) is 6. The van der Waals surface area contributed by atoms with Crippen LogP contribution in [0.3, 0.4) is 0 Å². The average Bonchev–Trinajstić information content (AvgIpc) is 3.15. The van der Waals surface area contributed by atoms with E-state index in [0.29, 0.717) is 17.4 Å². The molecular formula is C21H18N4O2. The minimum Gasteiger partial charge on any atom is -0.454 e. The third-order valence-corrected chi connectivity index (χ3v) is 5.87. The molecule has 3 atom stereocenters. The van der Waals surface area contributed by atoms with Crippen molar-refractivity contribution in [3.8, 4) is 29.7 Å². The maximum absolute atomic E-state index is 10.0. The Kier molecular flexibility index (Phi) is 3.83. The average molecular weight is 358 g/mol. The number of ether oxygens (including phenoxy) is 2. The molecule has 1 aliphatic heterocycles. The fourth-order valence-electron chi connectivity index (χ4n) is 4.56. The monoisotopic (exact) mass is 358 g/mol. The van der Waals surface area contributed by atoms with Gasteiger partial charge in [-0.2, -0.15) is 15.8 Å². The first-order valence-electron chi connectivity index (χ1n) is 8.88. The molecule has 0 unspecified atom stereocenters. The van der Waals surface area contributed by atoms with Crippen molar-refractivity contribution in [3.63, 3.8) is 0 Å². The van der Waals surface area contributed by atoms with Crippen LogP contribution in [0.2, 0.25) is 0 Å². The molecule has 1 aromatic rings. The second kappa shape index (κ2) is 6.08. The zero-order valence-corrected chi connectivity index (χ0v) is 14.9. The highest BCUT2D eigenvalue weighted by Crippen LogP contribution is 2.57. The van der Waals surface area contributed by atoms with Crippen molar-refractivity contribution in [2.24, 2.45) is 23.0 Å². The van der Waals surface area contributed by atoms with Crippen molar-refractivity contribution in [1.82, 2.24) is 0 Å². The molecule has 0 saturated heterocycles. The molecule has 0 saturated carbocycles. The van der Waals surface area contributed by atoms with Crippen molar-refractivity contribution in [2.75, 3.05) is 6.79 Å². The Morgan fingerprint density at radius 3 is 2.59 bits per heavy atom. The van der Waals surface area contributed by atoms with E-state index in [0.717, 1.165) is 24.0 Å². The summed E-state index contributed by atoms with van der Waals surface area (Å²) in [6.07, 6.45) is 3.68. The first kappa shape index (κ1) is 17.0. The highest BCUT2D eigenvalue weighted by atomic mass is 16.7. The van der Waals surface area contributed by atoms with Gasteiger partial charge in [0.05, 0.1) is 23.4 Å². The summed E-state index contributed by atoms with van der Waals surface area (Å²) < 4.78 is 10.9. The lowest BCUT2D eigenvalue weighted by molar-refractivity contribution is 0.174. The number of hydrogen-bond donors (Lipinski definition) is 1. The molecule has 0 amide bonds. The molecule has 0 radical (unpaired) electrons. The van der Waals surface area contributed by atoms with Gasteiger partial charge in [0, 0.05) is 5.92 Å². The van der Waals surface area contributed by atoms with Crippen LogP contribution in [-0.4, -0.2) is 6.79 Å². The normalized spacial score (nSPS) is 27.6. The lowest BCUT2D eigenvalue weighted by Gasteiger charge is -2.44. The summed E-state index contributed by atoms with van der Waals surface area (Å²) >= 11 is 0. The summed E-state index contributed by atoms with van der Waals surface area (Å²) in [4.78, 5) is 0. The molecule has 0 spiro atoms. The molecule has 134 valence electrons. The maximum Gasteiger partial charge on any atom is 0.231 e. The second-order valence-corrected chi connectivity index (χ2v) is 7.37. The molecule has 6 nitrogen and oxygen atoms in total. The first-order valence-corrected chi connectivity index (χ1v) is 8.88. The number of rotatable bonds is 1. The predicted octanol–water partition coefficient (Wildman–Crippen LogP) is 3.25. The summed E-state index contributed by atoms with van der Waals surface area (Å²) in [6.45, 7) is 2.29. The molecule has 27 heavy (non-hydrogen) atoms. The molecular weight excluding hydrogens is 340 g/mol. The number of benzene rings is 1. The third kappa shape index (κ3) is 2.29. The quantitative estimate of drug-likeness (QED) is 0.823. The summed E-state index contributed by atoms with van der Waals surface area (Å²) in [5.41, 5.74) is 6.68. The minimum atomic E-state index is -1.60. The molecule has 2 N–H and O–H groups in total. The third-order valence-electron chi connectivity index (χ3n) is 5.87. The highest BCUT2D eigenvalue weighted by molar-refractivity contribution is 5.60. The number of nitriles is 3. The van der Waals surface area contributed by atoms with E-state index in [1.807, 2.05) is 18.2 Å². The SMILES string of the molecule is C[C@H]1CC=C2C(C#N)=C(N)C(C#N)(C#N)[C@H](c3ccc4c(c3)OCO4)[C@H]2C1. The van der Waals surface area contributed by atoms with Gasteiger partial charge < -0.3 is 15.2 Å². The Balaban J connectivity index is 1.98. The molecule has 1 aromatic carbocycles. The van der Waals surface area contributed by atoms with Crippen LogP contribution < -0.4 is 15.2 Å². The molecule has 4 rings (SSSR count). The van der Waals surface area contributed by atoms with Gasteiger partial charge in [0.1, 0.15) is 6.07 Å².